The van der Waals surface area contributed by atoms with E-state index in [9.17, 15) is 4.21 Å². The molecule has 0 spiro atoms. The summed E-state index contributed by atoms with van der Waals surface area (Å²) in [6.07, 6.45) is 1.12. The molecule has 0 bridgehead atoms. The molecule has 0 saturated carbocycles. The molecule has 14 heavy (non-hydrogen) atoms. The lowest BCUT2D eigenvalue weighted by Gasteiger charge is -2.01. The van der Waals surface area contributed by atoms with E-state index < -0.39 is 10.8 Å². The molecular formula is C10H12N2OS. The highest BCUT2D eigenvalue weighted by atomic mass is 32.2. The fourth-order valence-corrected chi connectivity index (χ4v) is 2.20. The van der Waals surface area contributed by atoms with Crippen molar-refractivity contribution >= 4 is 16.5 Å². The van der Waals surface area contributed by atoms with Crippen molar-refractivity contribution in [1.82, 2.24) is 0 Å². The maximum atomic E-state index is 11.6. The van der Waals surface area contributed by atoms with Crippen molar-refractivity contribution in [3.05, 3.63) is 24.3 Å². The number of nitrogen functional groups attached to an aromatic ring is 1. The van der Waals surface area contributed by atoms with Crippen molar-refractivity contribution in [3.63, 3.8) is 0 Å². The molecule has 1 atom stereocenters. The monoisotopic (exact) mass is 208 g/mol. The molecule has 1 aromatic rings. The number of benzene rings is 1. The minimum absolute atomic E-state index is 0.452. The van der Waals surface area contributed by atoms with E-state index in [1.54, 1.807) is 24.3 Å². The predicted molar refractivity (Wildman–Crippen MR) is 57.0 cm³/mol. The largest absolute Gasteiger partial charge is 0.399 e. The number of nitrogens with two attached hydrogens (primary N) is 1. The molecule has 0 fully saturated rings. The minimum atomic E-state index is -1.03. The van der Waals surface area contributed by atoms with Gasteiger partial charge in [0, 0.05) is 22.8 Å². The maximum Gasteiger partial charge on any atom is 0.0622 e. The van der Waals surface area contributed by atoms with Crippen molar-refractivity contribution in [2.75, 3.05) is 11.5 Å². The van der Waals surface area contributed by atoms with Crippen LogP contribution in [0.25, 0.3) is 0 Å². The maximum absolute atomic E-state index is 11.6. The van der Waals surface area contributed by atoms with E-state index in [0.717, 1.165) is 4.90 Å². The summed E-state index contributed by atoms with van der Waals surface area (Å²) in [5.41, 5.74) is 6.19. The summed E-state index contributed by atoms with van der Waals surface area (Å²) in [6.45, 7) is 0. The average molecular weight is 208 g/mol. The molecule has 0 radical (unpaired) electrons. The molecule has 2 N–H and O–H groups in total. The third-order valence-corrected chi connectivity index (χ3v) is 3.18. The Bertz CT molecular complexity index is 371. The highest BCUT2D eigenvalue weighted by molar-refractivity contribution is 7.85. The molecule has 1 unspecified atom stereocenters. The van der Waals surface area contributed by atoms with Crippen LogP contribution in [0.2, 0.25) is 0 Å². The molecule has 74 valence electrons. The molecule has 0 aliphatic heterocycles. The van der Waals surface area contributed by atoms with Gasteiger partial charge in [0.05, 0.1) is 16.9 Å². The average Bonchev–Trinajstić information content (AvgIpc) is 2.18. The lowest BCUT2D eigenvalue weighted by Crippen LogP contribution is -1.98. The standard InChI is InChI=1S/C10H12N2OS/c11-6-1-2-7-14(13)10-5-3-4-9(12)8-10/h3-5,8H,1-2,7,12H2. The second-order valence-corrected chi connectivity index (χ2v) is 4.45. The molecule has 0 aliphatic rings. The van der Waals surface area contributed by atoms with Crippen LogP contribution in [0.1, 0.15) is 12.8 Å². The van der Waals surface area contributed by atoms with Gasteiger partial charge in [0.25, 0.3) is 0 Å². The first-order chi connectivity index (χ1) is 6.74. The summed E-state index contributed by atoms with van der Waals surface area (Å²) >= 11 is 0. The quantitative estimate of drug-likeness (QED) is 0.604. The Kier molecular flexibility index (Phi) is 4.14. The fraction of sp³-hybridized carbons (Fsp3) is 0.300. The lowest BCUT2D eigenvalue weighted by atomic mass is 10.3. The van der Waals surface area contributed by atoms with Gasteiger partial charge in [-0.1, -0.05) is 6.07 Å². The van der Waals surface area contributed by atoms with Gasteiger partial charge in [-0.25, -0.2) is 0 Å². The molecule has 0 aromatic heterocycles. The van der Waals surface area contributed by atoms with Crippen molar-refractivity contribution in [3.8, 4) is 6.07 Å². The van der Waals surface area contributed by atoms with Gasteiger partial charge in [-0.3, -0.25) is 4.21 Å². The van der Waals surface area contributed by atoms with Crippen molar-refractivity contribution in [2.45, 2.75) is 17.7 Å². The van der Waals surface area contributed by atoms with Gasteiger partial charge in [-0.05, 0) is 24.6 Å². The Morgan fingerprint density at radius 1 is 1.50 bits per heavy atom. The Morgan fingerprint density at radius 2 is 2.29 bits per heavy atom. The highest BCUT2D eigenvalue weighted by Crippen LogP contribution is 2.12. The van der Waals surface area contributed by atoms with Crippen LogP contribution < -0.4 is 5.73 Å². The number of hydrogen-bond donors (Lipinski definition) is 1. The topological polar surface area (TPSA) is 66.9 Å². The Balaban J connectivity index is 2.57. The summed E-state index contributed by atoms with van der Waals surface area (Å²) in [4.78, 5) is 0.739. The third-order valence-electron chi connectivity index (χ3n) is 1.74. The number of anilines is 1. The van der Waals surface area contributed by atoms with Crippen LogP contribution in [0.4, 0.5) is 5.69 Å². The van der Waals surface area contributed by atoms with Gasteiger partial charge in [-0.15, -0.1) is 0 Å². The van der Waals surface area contributed by atoms with Gasteiger partial charge < -0.3 is 5.73 Å². The summed E-state index contributed by atoms with van der Waals surface area (Å²) in [6, 6.07) is 9.07. The normalized spacial score (nSPS) is 11.9. The Morgan fingerprint density at radius 3 is 2.93 bits per heavy atom. The van der Waals surface area contributed by atoms with Gasteiger partial charge >= 0.3 is 0 Å². The summed E-state index contributed by atoms with van der Waals surface area (Å²) < 4.78 is 11.6. The number of rotatable bonds is 4. The number of hydrogen-bond acceptors (Lipinski definition) is 3. The summed E-state index contributed by atoms with van der Waals surface area (Å²) in [5.74, 6) is 0.525. The molecule has 0 amide bonds. The van der Waals surface area contributed by atoms with Gasteiger partial charge in [0.2, 0.25) is 0 Å². The number of unbranched alkanes of at least 4 members (excludes halogenated alkanes) is 1. The van der Waals surface area contributed by atoms with Crippen LogP contribution in [0.5, 0.6) is 0 Å². The zero-order valence-electron chi connectivity index (χ0n) is 7.77. The summed E-state index contributed by atoms with van der Waals surface area (Å²) in [5, 5.41) is 8.32. The Hall–Kier alpha value is -1.34. The van der Waals surface area contributed by atoms with Crippen LogP contribution in [-0.4, -0.2) is 9.96 Å². The van der Waals surface area contributed by atoms with E-state index >= 15 is 0 Å². The second kappa shape index (κ2) is 5.40. The van der Waals surface area contributed by atoms with Crippen LogP contribution in [0, 0.1) is 11.3 Å². The zero-order valence-corrected chi connectivity index (χ0v) is 8.59. The van der Waals surface area contributed by atoms with Crippen molar-refractivity contribution < 1.29 is 4.21 Å². The first-order valence-electron chi connectivity index (χ1n) is 4.35. The first kappa shape index (κ1) is 10.7. The van der Waals surface area contributed by atoms with E-state index in [1.165, 1.54) is 0 Å². The number of nitriles is 1. The Labute approximate surface area is 86.0 Å². The first-order valence-corrected chi connectivity index (χ1v) is 5.67. The van der Waals surface area contributed by atoms with Crippen LogP contribution in [-0.2, 0) is 10.8 Å². The van der Waals surface area contributed by atoms with E-state index in [4.69, 9.17) is 11.0 Å². The van der Waals surface area contributed by atoms with Gasteiger partial charge in [0.1, 0.15) is 0 Å². The SMILES string of the molecule is N#CCCCS(=O)c1cccc(N)c1. The van der Waals surface area contributed by atoms with E-state index in [-0.39, 0.29) is 0 Å². The van der Waals surface area contributed by atoms with Crippen LogP contribution >= 0.6 is 0 Å². The second-order valence-electron chi connectivity index (χ2n) is 2.88. The van der Waals surface area contributed by atoms with Gasteiger partial charge in [0.15, 0.2) is 0 Å². The van der Waals surface area contributed by atoms with E-state index in [1.807, 2.05) is 6.07 Å². The lowest BCUT2D eigenvalue weighted by molar-refractivity contribution is 0.681. The molecule has 4 heteroatoms. The number of nitrogens with zero attached hydrogens (tertiary/aromatic N) is 1. The molecule has 0 saturated heterocycles. The zero-order chi connectivity index (χ0) is 10.4. The molecule has 0 aliphatic carbocycles. The van der Waals surface area contributed by atoms with Gasteiger partial charge in [-0.2, -0.15) is 5.26 Å². The van der Waals surface area contributed by atoms with Crippen LogP contribution in [0.3, 0.4) is 0 Å². The van der Waals surface area contributed by atoms with Crippen LogP contribution in [0.15, 0.2) is 29.2 Å². The molecule has 0 heterocycles. The third kappa shape index (κ3) is 3.19. The van der Waals surface area contributed by atoms with Crippen molar-refractivity contribution in [1.29, 1.82) is 5.26 Å². The highest BCUT2D eigenvalue weighted by Gasteiger charge is 2.02. The molecular weight excluding hydrogens is 196 g/mol. The van der Waals surface area contributed by atoms with E-state index in [2.05, 4.69) is 0 Å². The molecule has 1 rings (SSSR count). The fourth-order valence-electron chi connectivity index (χ4n) is 1.06. The predicted octanol–water partition coefficient (Wildman–Crippen LogP) is 1.68. The summed E-state index contributed by atoms with van der Waals surface area (Å²) in [7, 11) is -1.03. The van der Waals surface area contributed by atoms with Crippen molar-refractivity contribution in [2.24, 2.45) is 0 Å². The molecule has 3 nitrogen and oxygen atoms in total. The van der Waals surface area contributed by atoms with E-state index in [0.29, 0.717) is 24.3 Å². The minimum Gasteiger partial charge on any atom is -0.399 e. The smallest absolute Gasteiger partial charge is 0.0622 e. The molecule has 1 aromatic carbocycles.